The molecule has 0 fully saturated rings. The van der Waals surface area contributed by atoms with Crippen molar-refractivity contribution >= 4 is 82.7 Å². The maximum atomic E-state index is 15.1. The molecule has 0 saturated heterocycles. The van der Waals surface area contributed by atoms with Crippen molar-refractivity contribution in [3.05, 3.63) is 134 Å². The molecule has 10 rings (SSSR count). The zero-order valence-electron chi connectivity index (χ0n) is 33.4. The number of imide groups is 1. The van der Waals surface area contributed by atoms with Gasteiger partial charge in [0.2, 0.25) is 0 Å². The van der Waals surface area contributed by atoms with Gasteiger partial charge in [-0.2, -0.15) is 0 Å². The van der Waals surface area contributed by atoms with Gasteiger partial charge in [0, 0.05) is 28.1 Å². The molecular weight excluding hydrogens is 733 g/mol. The smallest absolute Gasteiger partial charge is 0.266 e. The molecule has 1 aliphatic rings. The molecule has 0 saturated carbocycles. The molecule has 9 aromatic rings. The summed E-state index contributed by atoms with van der Waals surface area (Å²) in [5.41, 5.74) is 2.86. The first-order valence-corrected chi connectivity index (χ1v) is 21.2. The Bertz CT molecular complexity index is 3220. The highest BCUT2D eigenvalue weighted by atomic mass is 16.2. The summed E-state index contributed by atoms with van der Waals surface area (Å²) in [7, 11) is 0. The molecule has 0 unspecified atom stereocenters. The monoisotopic (exact) mass is 776 g/mol. The maximum Gasteiger partial charge on any atom is 0.266 e. The Kier molecular flexibility index (Phi) is 9.00. The summed E-state index contributed by atoms with van der Waals surface area (Å²) in [6.07, 6.45) is 10.7. The highest BCUT2D eigenvalue weighted by Gasteiger charge is 2.39. The van der Waals surface area contributed by atoms with Crippen molar-refractivity contribution in [1.82, 2.24) is 9.47 Å². The minimum absolute atomic E-state index is 0.234. The van der Waals surface area contributed by atoms with Gasteiger partial charge in [0.1, 0.15) is 6.29 Å². The van der Waals surface area contributed by atoms with E-state index in [1.165, 1.54) is 9.47 Å². The molecule has 7 nitrogen and oxygen atoms in total. The number of carbonyl (C=O) groups excluding carboxylic acids is 3. The minimum atomic E-state index is -0.445. The van der Waals surface area contributed by atoms with E-state index in [0.29, 0.717) is 43.9 Å². The number of nitrogens with zero attached hydrogens (tertiary/aromatic N) is 2. The van der Waals surface area contributed by atoms with Crippen LogP contribution in [0.5, 0.6) is 0 Å². The Hall–Kier alpha value is -6.47. The predicted octanol–water partition coefficient (Wildman–Crippen LogP) is 11.8. The minimum Gasteiger partial charge on any atom is -0.298 e. The Balaban J connectivity index is 1.23. The van der Waals surface area contributed by atoms with Gasteiger partial charge in [0.05, 0.1) is 16.5 Å². The summed E-state index contributed by atoms with van der Waals surface area (Å²) in [4.78, 5) is 72.4. The van der Waals surface area contributed by atoms with Crippen LogP contribution in [0.3, 0.4) is 0 Å². The van der Waals surface area contributed by atoms with Crippen LogP contribution in [0.1, 0.15) is 109 Å². The van der Waals surface area contributed by atoms with Crippen LogP contribution in [0.2, 0.25) is 0 Å². The largest absolute Gasteiger partial charge is 0.298 e. The van der Waals surface area contributed by atoms with Crippen LogP contribution >= 0.6 is 0 Å². The summed E-state index contributed by atoms with van der Waals surface area (Å²) in [5.74, 6) is -0.576. The average molecular weight is 777 g/mol. The van der Waals surface area contributed by atoms with E-state index in [9.17, 15) is 19.2 Å². The predicted molar refractivity (Wildman–Crippen MR) is 240 cm³/mol. The van der Waals surface area contributed by atoms with Crippen LogP contribution in [-0.2, 0) is 0 Å². The lowest BCUT2D eigenvalue weighted by Crippen LogP contribution is -2.47. The van der Waals surface area contributed by atoms with Gasteiger partial charge in [-0.15, -0.1) is 0 Å². The van der Waals surface area contributed by atoms with E-state index in [1.54, 1.807) is 24.3 Å². The fourth-order valence-electron chi connectivity index (χ4n) is 10.2. The first-order chi connectivity index (χ1) is 28.9. The van der Waals surface area contributed by atoms with Gasteiger partial charge in [0.25, 0.3) is 22.9 Å². The number of unbranched alkanes of at least 4 members (excludes halogenated alkanes) is 6. The number of benzene rings is 8. The summed E-state index contributed by atoms with van der Waals surface area (Å²) in [6.45, 7) is 4.36. The van der Waals surface area contributed by atoms with Crippen molar-refractivity contribution in [3.63, 3.8) is 0 Å². The lowest BCUT2D eigenvalue weighted by molar-refractivity contribution is 0.0517. The number of hydrogen-bond acceptors (Lipinski definition) is 5. The van der Waals surface area contributed by atoms with Crippen molar-refractivity contribution in [2.24, 2.45) is 0 Å². The lowest BCUT2D eigenvalue weighted by Gasteiger charge is -2.35. The molecule has 1 aromatic heterocycles. The van der Waals surface area contributed by atoms with E-state index in [1.807, 2.05) is 60.7 Å². The van der Waals surface area contributed by atoms with Crippen LogP contribution in [0.4, 0.5) is 0 Å². The lowest BCUT2D eigenvalue weighted by atomic mass is 9.80. The summed E-state index contributed by atoms with van der Waals surface area (Å²) in [6, 6.07) is 30.1. The SMILES string of the molecule is CCCCCCC(CCCCCC)N1C(=O)c2ccc3c4cccc5ccc6c7c(=O)n(-c8ccc(-c9ccc(C=O)cc9)cc8)c(=O)c7c7cc(c2c3c7c6c54)C1=O. The van der Waals surface area contributed by atoms with E-state index in [-0.39, 0.29) is 23.2 Å². The maximum absolute atomic E-state index is 15.1. The van der Waals surface area contributed by atoms with Gasteiger partial charge < -0.3 is 0 Å². The third-order valence-corrected chi connectivity index (χ3v) is 13.0. The highest BCUT2D eigenvalue weighted by molar-refractivity contribution is 6.47. The van der Waals surface area contributed by atoms with Gasteiger partial charge in [-0.25, -0.2) is 4.57 Å². The van der Waals surface area contributed by atoms with Crippen LogP contribution in [0.25, 0.3) is 81.4 Å². The van der Waals surface area contributed by atoms with E-state index < -0.39 is 11.1 Å². The molecule has 0 N–H and O–H groups in total. The second kappa shape index (κ2) is 14.4. The number of amides is 2. The Morgan fingerprint density at radius 3 is 1.75 bits per heavy atom. The molecule has 1 aliphatic heterocycles. The fourth-order valence-corrected chi connectivity index (χ4v) is 10.2. The second-order valence-electron chi connectivity index (χ2n) is 16.5. The molecule has 0 bridgehead atoms. The number of aldehydes is 1. The van der Waals surface area contributed by atoms with E-state index in [4.69, 9.17) is 0 Å². The number of carbonyl (C=O) groups is 3. The van der Waals surface area contributed by atoms with Crippen LogP contribution in [0.15, 0.2) is 107 Å². The quantitative estimate of drug-likeness (QED) is 0.0360. The standard InChI is InChI=1S/C52H44N2O5/c1-3-5-7-9-13-34(14-10-8-6-4-2)53-49(56)39-27-26-37-36-15-11-12-33-22-25-38-45(42(33)36)46-40(28-41(50(53)57)43(39)44(37)46)48-47(38)51(58)54(52(48)59)35-23-20-32(21-24-35)31-18-16-30(29-55)17-19-31/h11-12,15-29,34H,3-10,13-14H2,1-2H3. The van der Waals surface area contributed by atoms with Gasteiger partial charge in [-0.3, -0.25) is 28.9 Å². The van der Waals surface area contributed by atoms with Crippen molar-refractivity contribution in [1.29, 1.82) is 0 Å². The van der Waals surface area contributed by atoms with Crippen LogP contribution in [-0.4, -0.2) is 33.6 Å². The normalized spacial score (nSPS) is 13.3. The molecular formula is C52H44N2O5. The van der Waals surface area contributed by atoms with E-state index in [2.05, 4.69) is 26.0 Å². The van der Waals surface area contributed by atoms with E-state index in [0.717, 1.165) is 119 Å². The molecule has 2 amide bonds. The molecule has 0 aliphatic carbocycles. The first-order valence-electron chi connectivity index (χ1n) is 21.2. The molecule has 0 radical (unpaired) electrons. The Morgan fingerprint density at radius 2 is 1.08 bits per heavy atom. The fraction of sp³-hybridized carbons (Fsp3) is 0.250. The third-order valence-electron chi connectivity index (χ3n) is 13.0. The zero-order valence-corrected chi connectivity index (χ0v) is 33.4. The molecule has 292 valence electrons. The van der Waals surface area contributed by atoms with Gasteiger partial charge >= 0.3 is 0 Å². The third kappa shape index (κ3) is 5.51. The van der Waals surface area contributed by atoms with Gasteiger partial charge in [-0.1, -0.05) is 138 Å². The molecule has 59 heavy (non-hydrogen) atoms. The average Bonchev–Trinajstić information content (AvgIpc) is 3.53. The number of hydrogen-bond donors (Lipinski definition) is 0. The number of aromatic nitrogens is 1. The Morgan fingerprint density at radius 1 is 0.508 bits per heavy atom. The summed E-state index contributed by atoms with van der Waals surface area (Å²) >= 11 is 0. The van der Waals surface area contributed by atoms with Gasteiger partial charge in [-0.05, 0) is 96.7 Å². The van der Waals surface area contributed by atoms with Gasteiger partial charge in [0.15, 0.2) is 0 Å². The van der Waals surface area contributed by atoms with E-state index >= 15 is 4.79 Å². The van der Waals surface area contributed by atoms with Crippen molar-refractivity contribution in [2.45, 2.75) is 84.1 Å². The molecule has 7 heteroatoms. The highest BCUT2D eigenvalue weighted by Crippen LogP contribution is 2.50. The zero-order chi connectivity index (χ0) is 40.5. The van der Waals surface area contributed by atoms with Crippen molar-refractivity contribution in [2.75, 3.05) is 0 Å². The van der Waals surface area contributed by atoms with Crippen molar-refractivity contribution in [3.8, 4) is 16.8 Å². The summed E-state index contributed by atoms with van der Waals surface area (Å²) in [5, 5.41) is 8.85. The Labute approximate surface area is 340 Å². The second-order valence-corrected chi connectivity index (χ2v) is 16.5. The summed E-state index contributed by atoms with van der Waals surface area (Å²) < 4.78 is 1.25. The number of fused-ring (bicyclic) bond motifs is 4. The van der Waals surface area contributed by atoms with Crippen LogP contribution in [0, 0.1) is 0 Å². The first kappa shape index (κ1) is 36.8. The van der Waals surface area contributed by atoms with Crippen molar-refractivity contribution < 1.29 is 14.4 Å². The molecule has 2 heterocycles. The molecule has 0 spiro atoms. The molecule has 8 aromatic carbocycles. The van der Waals surface area contributed by atoms with Crippen LogP contribution < -0.4 is 11.1 Å². The molecule has 0 atom stereocenters. The topological polar surface area (TPSA) is 93.5 Å². The number of rotatable bonds is 14.